The fraction of sp³-hybridized carbons (Fsp3) is 0.550. The Labute approximate surface area is 198 Å². The van der Waals surface area contributed by atoms with Gasteiger partial charge in [0.15, 0.2) is 0 Å². The quantitative estimate of drug-likeness (QED) is 0.234. The van der Waals surface area contributed by atoms with E-state index in [4.69, 9.17) is 18.3 Å². The molecular weight excluding hydrogens is 523 g/mol. The molecule has 0 saturated heterocycles. The van der Waals surface area contributed by atoms with Crippen molar-refractivity contribution in [1.82, 2.24) is 0 Å². The van der Waals surface area contributed by atoms with Gasteiger partial charge in [0.25, 0.3) is 0 Å². The van der Waals surface area contributed by atoms with Crippen molar-refractivity contribution >= 4 is 45.2 Å². The molecule has 0 radical (unpaired) electrons. The standard InChI is InChI=1S/2C9H15O2Si.C2H4.2ClH.Zr/c2*1-12(2,3)11-8-10-9-6-4-5-7-9;1-2;;;/h2*6-7H,4,8H2,1-3H3;1H,2H3;2*1H;. The van der Waals surface area contributed by atoms with Crippen LogP contribution in [0, 0.1) is 0 Å². The van der Waals surface area contributed by atoms with Crippen molar-refractivity contribution in [2.45, 2.75) is 59.0 Å². The van der Waals surface area contributed by atoms with Crippen molar-refractivity contribution in [2.24, 2.45) is 0 Å². The Morgan fingerprint density at radius 2 is 1.17 bits per heavy atom. The first kappa shape index (κ1) is 29.2. The molecule has 0 bridgehead atoms. The molecule has 166 valence electrons. The molecule has 9 heteroatoms. The summed E-state index contributed by atoms with van der Waals surface area (Å²) in [6.07, 6.45) is 10.9. The van der Waals surface area contributed by atoms with Gasteiger partial charge < -0.3 is 0 Å². The summed E-state index contributed by atoms with van der Waals surface area (Å²) in [6, 6.07) is 0. The van der Waals surface area contributed by atoms with E-state index >= 15 is 0 Å². The number of halogens is 2. The zero-order valence-corrected chi connectivity index (χ0v) is 24.8. The van der Waals surface area contributed by atoms with Crippen molar-refractivity contribution in [3.8, 4) is 0 Å². The molecule has 0 aliphatic heterocycles. The minimum atomic E-state index is -1.92. The van der Waals surface area contributed by atoms with E-state index in [0.29, 0.717) is 13.6 Å². The molecule has 29 heavy (non-hydrogen) atoms. The SMILES string of the molecule is C[CH]=[Zr]([C]1=CC(OCO[Si](C)(C)C)=CC1)[C]1=CC(OCO[Si](C)(C)C)=CC1.Cl.Cl. The van der Waals surface area contributed by atoms with Gasteiger partial charge in [-0.1, -0.05) is 0 Å². The van der Waals surface area contributed by atoms with Crippen molar-refractivity contribution in [3.05, 3.63) is 42.4 Å². The van der Waals surface area contributed by atoms with Gasteiger partial charge in [-0.25, -0.2) is 0 Å². The van der Waals surface area contributed by atoms with E-state index in [1.54, 1.807) is 6.56 Å². The van der Waals surface area contributed by atoms with Crippen LogP contribution in [0.25, 0.3) is 0 Å². The van der Waals surface area contributed by atoms with Crippen molar-refractivity contribution in [2.75, 3.05) is 13.6 Å². The second-order valence-electron chi connectivity index (χ2n) is 8.70. The van der Waals surface area contributed by atoms with Crippen molar-refractivity contribution in [3.63, 3.8) is 0 Å². The molecule has 0 unspecified atom stereocenters. The zero-order valence-electron chi connectivity index (χ0n) is 18.7. The van der Waals surface area contributed by atoms with Crippen LogP contribution in [0.1, 0.15) is 19.8 Å². The average molecular weight is 559 g/mol. The molecule has 2 aliphatic carbocycles. The molecule has 0 aromatic heterocycles. The molecule has 2 rings (SSSR count). The topological polar surface area (TPSA) is 36.9 Å². The summed E-state index contributed by atoms with van der Waals surface area (Å²) in [5, 5.41) is 0. The second-order valence-corrected chi connectivity index (χ2v) is 24.3. The Morgan fingerprint density at radius 1 is 0.793 bits per heavy atom. The number of allylic oxidation sites excluding steroid dienone is 6. The van der Waals surface area contributed by atoms with Gasteiger partial charge in [-0.2, -0.15) is 0 Å². The zero-order chi connectivity index (χ0) is 20.1. The molecule has 0 fully saturated rings. The largest absolute Gasteiger partial charge is 0.147 e. The first-order valence-corrected chi connectivity index (χ1v) is 20.3. The molecule has 0 aromatic carbocycles. The predicted molar refractivity (Wildman–Crippen MR) is 129 cm³/mol. The van der Waals surface area contributed by atoms with Gasteiger partial charge in [0.2, 0.25) is 0 Å². The van der Waals surface area contributed by atoms with Crippen LogP contribution < -0.4 is 0 Å². The van der Waals surface area contributed by atoms with Crippen molar-refractivity contribution in [1.29, 1.82) is 0 Å². The van der Waals surface area contributed by atoms with Gasteiger partial charge >= 0.3 is 175 Å². The van der Waals surface area contributed by atoms with Gasteiger partial charge in [-0.3, -0.25) is 0 Å². The third-order valence-electron chi connectivity index (χ3n) is 4.09. The fourth-order valence-corrected chi connectivity index (χ4v) is 9.41. The van der Waals surface area contributed by atoms with Gasteiger partial charge in [-0.15, -0.1) is 24.8 Å². The summed E-state index contributed by atoms with van der Waals surface area (Å²) < 4.78 is 28.8. The number of hydrogen-bond donors (Lipinski definition) is 0. The Balaban J connectivity index is 0.00000392. The minimum Gasteiger partial charge on any atom is -0.147 e. The van der Waals surface area contributed by atoms with Crippen LogP contribution in [0.4, 0.5) is 0 Å². The van der Waals surface area contributed by atoms with Crippen LogP contribution in [0.15, 0.2) is 42.4 Å². The number of rotatable bonds is 10. The molecule has 0 atom stereocenters. The van der Waals surface area contributed by atoms with E-state index in [1.165, 1.54) is 0 Å². The Bertz CT molecular complexity index is 646. The van der Waals surface area contributed by atoms with Crippen LogP contribution in [0.5, 0.6) is 0 Å². The van der Waals surface area contributed by atoms with E-state index in [1.807, 2.05) is 0 Å². The summed E-state index contributed by atoms with van der Waals surface area (Å²) in [5.41, 5.74) is 0. The Kier molecular flexibility index (Phi) is 13.1. The Hall–Kier alpha value is 0.247. The van der Waals surface area contributed by atoms with Crippen LogP contribution in [-0.2, 0) is 39.6 Å². The maximum absolute atomic E-state index is 5.82. The minimum absolute atomic E-state index is 0. The van der Waals surface area contributed by atoms with Crippen molar-refractivity contribution < 1.29 is 39.6 Å². The molecule has 0 amide bonds. The Morgan fingerprint density at radius 3 is 1.48 bits per heavy atom. The average Bonchev–Trinajstić information content (AvgIpc) is 3.16. The molecule has 0 spiro atoms. The summed E-state index contributed by atoms with van der Waals surface area (Å²) in [6.45, 7) is 16.0. The van der Waals surface area contributed by atoms with E-state index in [0.717, 1.165) is 24.4 Å². The van der Waals surface area contributed by atoms with Crippen LogP contribution in [0.2, 0.25) is 39.3 Å². The van der Waals surface area contributed by atoms with E-state index < -0.39 is 37.9 Å². The van der Waals surface area contributed by atoms with Crippen LogP contribution in [0.3, 0.4) is 0 Å². The molecule has 0 saturated carbocycles. The summed E-state index contributed by atoms with van der Waals surface area (Å²) in [5.74, 6) is 1.93. The maximum Gasteiger partial charge on any atom is -0.147 e. The third kappa shape index (κ3) is 10.9. The first-order chi connectivity index (χ1) is 12.6. The van der Waals surface area contributed by atoms with Crippen LogP contribution in [-0.4, -0.2) is 33.9 Å². The molecule has 0 N–H and O–H groups in total. The first-order valence-electron chi connectivity index (χ1n) is 9.59. The molecule has 4 nitrogen and oxygen atoms in total. The molecule has 2 aliphatic rings. The normalized spacial score (nSPS) is 16.0. The number of ether oxygens (including phenoxy) is 2. The molecule has 0 aromatic rings. The summed E-state index contributed by atoms with van der Waals surface area (Å²) in [4.78, 5) is 0. The van der Waals surface area contributed by atoms with E-state index in [-0.39, 0.29) is 24.8 Å². The van der Waals surface area contributed by atoms with Gasteiger partial charge in [-0.05, 0) is 0 Å². The number of hydrogen-bond acceptors (Lipinski definition) is 4. The summed E-state index contributed by atoms with van der Waals surface area (Å²) >= 11 is -1.92. The van der Waals surface area contributed by atoms with Gasteiger partial charge in [0.05, 0.1) is 0 Å². The van der Waals surface area contributed by atoms with E-state index in [9.17, 15) is 0 Å². The molecule has 0 heterocycles. The second kappa shape index (κ2) is 12.9. The van der Waals surface area contributed by atoms with Gasteiger partial charge in [0.1, 0.15) is 0 Å². The smallest absolute Gasteiger partial charge is 0.147 e. The maximum atomic E-state index is 5.82. The third-order valence-corrected chi connectivity index (χ3v) is 12.6. The fourth-order valence-electron chi connectivity index (χ4n) is 2.70. The van der Waals surface area contributed by atoms with Crippen LogP contribution >= 0.6 is 24.8 Å². The van der Waals surface area contributed by atoms with Gasteiger partial charge in [0, 0.05) is 0 Å². The van der Waals surface area contributed by atoms with E-state index in [2.05, 4.69) is 74.2 Å². The predicted octanol–water partition coefficient (Wildman–Crippen LogP) is 6.26. The molecular formula is C20H36Cl2O4Si2Zr. The summed E-state index contributed by atoms with van der Waals surface area (Å²) in [7, 11) is -3.06. The monoisotopic (exact) mass is 556 g/mol.